The summed E-state index contributed by atoms with van der Waals surface area (Å²) in [6.45, 7) is 4.16. The minimum absolute atomic E-state index is 0.162. The second kappa shape index (κ2) is 6.46. The quantitative estimate of drug-likeness (QED) is 0.930. The number of aryl methyl sites for hydroxylation is 1. The number of hydrogen-bond donors (Lipinski definition) is 1. The van der Waals surface area contributed by atoms with Crippen molar-refractivity contribution in [3.8, 4) is 0 Å². The van der Waals surface area contributed by atoms with E-state index in [1.54, 1.807) is 11.3 Å². The van der Waals surface area contributed by atoms with Gasteiger partial charge in [-0.3, -0.25) is 4.79 Å². The average molecular weight is 309 g/mol. The molecule has 2 heterocycles. The molecule has 1 saturated carbocycles. The second-order valence-electron chi connectivity index (χ2n) is 6.04. The molecule has 0 aromatic carbocycles. The van der Waals surface area contributed by atoms with Gasteiger partial charge in [0.1, 0.15) is 0 Å². The van der Waals surface area contributed by atoms with Gasteiger partial charge in [0.2, 0.25) is 5.91 Å². The SMILES string of the molecule is Cc1ccc(CNC(=O)CC2CCC3(CC2)OCCO3)s1. The molecule has 1 N–H and O–H groups in total. The molecule has 2 aliphatic rings. The maximum Gasteiger partial charge on any atom is 0.220 e. The van der Waals surface area contributed by atoms with Crippen LogP contribution in [0.3, 0.4) is 0 Å². The fourth-order valence-electron chi connectivity index (χ4n) is 3.21. The van der Waals surface area contributed by atoms with Gasteiger partial charge in [-0.05, 0) is 37.8 Å². The van der Waals surface area contributed by atoms with Gasteiger partial charge in [-0.1, -0.05) is 0 Å². The van der Waals surface area contributed by atoms with Crippen molar-refractivity contribution in [3.63, 3.8) is 0 Å². The molecule has 1 aliphatic carbocycles. The van der Waals surface area contributed by atoms with Crippen LogP contribution in [0.25, 0.3) is 0 Å². The van der Waals surface area contributed by atoms with E-state index in [-0.39, 0.29) is 11.7 Å². The van der Waals surface area contributed by atoms with E-state index >= 15 is 0 Å². The predicted octanol–water partition coefficient (Wildman–Crippen LogP) is 3.00. The summed E-state index contributed by atoms with van der Waals surface area (Å²) in [5.41, 5.74) is 0. The summed E-state index contributed by atoms with van der Waals surface area (Å²) >= 11 is 1.74. The number of ether oxygens (including phenoxy) is 2. The zero-order valence-electron chi connectivity index (χ0n) is 12.5. The van der Waals surface area contributed by atoms with Gasteiger partial charge in [0.25, 0.3) is 0 Å². The van der Waals surface area contributed by atoms with E-state index in [9.17, 15) is 4.79 Å². The highest BCUT2D eigenvalue weighted by atomic mass is 32.1. The molecule has 1 spiro atoms. The number of carbonyl (C=O) groups is 1. The lowest BCUT2D eigenvalue weighted by atomic mass is 9.83. The van der Waals surface area contributed by atoms with Gasteiger partial charge in [-0.2, -0.15) is 0 Å². The molecule has 0 radical (unpaired) electrons. The summed E-state index contributed by atoms with van der Waals surface area (Å²) in [7, 11) is 0. The molecule has 1 aromatic rings. The Hall–Kier alpha value is -0.910. The highest BCUT2D eigenvalue weighted by molar-refractivity contribution is 7.11. The first-order chi connectivity index (χ1) is 10.2. The van der Waals surface area contributed by atoms with Crippen LogP contribution in [0.1, 0.15) is 41.9 Å². The number of amides is 1. The Labute approximate surface area is 129 Å². The molecule has 21 heavy (non-hydrogen) atoms. The normalized spacial score (nSPS) is 21.8. The molecular weight excluding hydrogens is 286 g/mol. The predicted molar refractivity (Wildman–Crippen MR) is 82.1 cm³/mol. The summed E-state index contributed by atoms with van der Waals surface area (Å²) < 4.78 is 11.4. The zero-order chi connectivity index (χ0) is 14.7. The van der Waals surface area contributed by atoms with Gasteiger partial charge in [-0.25, -0.2) is 0 Å². The van der Waals surface area contributed by atoms with Gasteiger partial charge in [-0.15, -0.1) is 11.3 Å². The van der Waals surface area contributed by atoms with Gasteiger partial charge < -0.3 is 14.8 Å². The maximum absolute atomic E-state index is 12.0. The van der Waals surface area contributed by atoms with Crippen molar-refractivity contribution in [1.82, 2.24) is 5.32 Å². The highest BCUT2D eigenvalue weighted by Crippen LogP contribution is 2.39. The minimum atomic E-state index is -0.318. The van der Waals surface area contributed by atoms with E-state index in [1.165, 1.54) is 9.75 Å². The Balaban J connectivity index is 1.39. The van der Waals surface area contributed by atoms with Crippen LogP contribution in [0.4, 0.5) is 0 Å². The molecule has 5 heteroatoms. The lowest BCUT2D eigenvalue weighted by molar-refractivity contribution is -0.183. The molecule has 1 aromatic heterocycles. The van der Waals surface area contributed by atoms with Crippen LogP contribution in [0, 0.1) is 12.8 Å². The Morgan fingerprint density at radius 2 is 2.05 bits per heavy atom. The van der Waals surface area contributed by atoms with Gasteiger partial charge >= 0.3 is 0 Å². The molecule has 0 bridgehead atoms. The first-order valence-electron chi connectivity index (χ1n) is 7.75. The largest absolute Gasteiger partial charge is 0.351 e. The van der Waals surface area contributed by atoms with Gasteiger partial charge in [0.15, 0.2) is 5.79 Å². The maximum atomic E-state index is 12.0. The minimum Gasteiger partial charge on any atom is -0.351 e. The monoisotopic (exact) mass is 309 g/mol. The average Bonchev–Trinajstić information content (AvgIpc) is 3.09. The molecule has 4 nitrogen and oxygen atoms in total. The summed E-state index contributed by atoms with van der Waals surface area (Å²) in [4.78, 5) is 14.5. The number of thiophene rings is 1. The Kier molecular flexibility index (Phi) is 4.62. The Morgan fingerprint density at radius 3 is 2.67 bits per heavy atom. The van der Waals surface area contributed by atoms with E-state index in [0.29, 0.717) is 32.1 Å². The van der Waals surface area contributed by atoms with E-state index in [1.807, 2.05) is 0 Å². The number of rotatable bonds is 4. The topological polar surface area (TPSA) is 47.6 Å². The van der Waals surface area contributed by atoms with Crippen molar-refractivity contribution in [2.75, 3.05) is 13.2 Å². The van der Waals surface area contributed by atoms with Crippen LogP contribution >= 0.6 is 11.3 Å². The van der Waals surface area contributed by atoms with Crippen molar-refractivity contribution >= 4 is 17.2 Å². The standard InChI is InChI=1S/C16H23NO3S/c1-12-2-3-14(21-12)11-17-15(18)10-13-4-6-16(7-5-13)19-8-9-20-16/h2-3,13H,4-11H2,1H3,(H,17,18). The highest BCUT2D eigenvalue weighted by Gasteiger charge is 2.40. The summed E-state index contributed by atoms with van der Waals surface area (Å²) in [6.07, 6.45) is 4.52. The fraction of sp³-hybridized carbons (Fsp3) is 0.688. The Morgan fingerprint density at radius 1 is 1.33 bits per heavy atom. The number of nitrogens with one attached hydrogen (secondary N) is 1. The lowest BCUT2D eigenvalue weighted by Gasteiger charge is -2.35. The molecule has 1 aliphatic heterocycles. The van der Waals surface area contributed by atoms with E-state index in [0.717, 1.165) is 25.7 Å². The van der Waals surface area contributed by atoms with Crippen LogP contribution in [0.5, 0.6) is 0 Å². The third kappa shape index (κ3) is 3.84. The fourth-order valence-corrected chi connectivity index (χ4v) is 4.04. The van der Waals surface area contributed by atoms with E-state index in [2.05, 4.69) is 24.4 Å². The lowest BCUT2D eigenvalue weighted by Crippen LogP contribution is -2.36. The van der Waals surface area contributed by atoms with Gasteiger partial charge in [0.05, 0.1) is 19.8 Å². The van der Waals surface area contributed by atoms with Crippen molar-refractivity contribution < 1.29 is 14.3 Å². The molecule has 0 unspecified atom stereocenters. The molecule has 3 rings (SSSR count). The summed E-state index contributed by atoms with van der Waals surface area (Å²) in [6, 6.07) is 4.17. The summed E-state index contributed by atoms with van der Waals surface area (Å²) in [5.74, 6) is 0.310. The van der Waals surface area contributed by atoms with E-state index in [4.69, 9.17) is 9.47 Å². The molecule has 1 saturated heterocycles. The second-order valence-corrected chi connectivity index (χ2v) is 7.42. The molecule has 116 valence electrons. The zero-order valence-corrected chi connectivity index (χ0v) is 13.3. The number of hydrogen-bond acceptors (Lipinski definition) is 4. The van der Waals surface area contributed by atoms with Crippen molar-refractivity contribution in [2.45, 2.75) is 51.4 Å². The first-order valence-corrected chi connectivity index (χ1v) is 8.57. The van der Waals surface area contributed by atoms with Crippen LogP contribution in [0.15, 0.2) is 12.1 Å². The molecular formula is C16H23NO3S. The molecule has 0 atom stereocenters. The van der Waals surface area contributed by atoms with E-state index < -0.39 is 0 Å². The third-order valence-corrected chi connectivity index (χ3v) is 5.41. The summed E-state index contributed by atoms with van der Waals surface area (Å²) in [5, 5.41) is 3.03. The molecule has 2 fully saturated rings. The smallest absolute Gasteiger partial charge is 0.220 e. The van der Waals surface area contributed by atoms with Crippen LogP contribution in [-0.2, 0) is 20.8 Å². The third-order valence-electron chi connectivity index (χ3n) is 4.41. The van der Waals surface area contributed by atoms with Crippen LogP contribution in [0.2, 0.25) is 0 Å². The van der Waals surface area contributed by atoms with Gasteiger partial charge in [0, 0.05) is 29.0 Å². The number of carbonyl (C=O) groups excluding carboxylic acids is 1. The first kappa shape index (κ1) is 15.0. The Bertz CT molecular complexity index is 483. The molecule has 1 amide bonds. The van der Waals surface area contributed by atoms with Crippen molar-refractivity contribution in [2.24, 2.45) is 5.92 Å². The van der Waals surface area contributed by atoms with Crippen LogP contribution < -0.4 is 5.32 Å². The van der Waals surface area contributed by atoms with Crippen molar-refractivity contribution in [3.05, 3.63) is 21.9 Å². The van der Waals surface area contributed by atoms with Crippen molar-refractivity contribution in [1.29, 1.82) is 0 Å². The van der Waals surface area contributed by atoms with Crippen LogP contribution in [-0.4, -0.2) is 24.9 Å².